The molecule has 0 saturated heterocycles. The molecule has 1 N–H and O–H groups in total. The van der Waals surface area contributed by atoms with E-state index in [1.165, 1.54) is 6.07 Å². The summed E-state index contributed by atoms with van der Waals surface area (Å²) in [5.41, 5.74) is 2.98. The Labute approximate surface area is 138 Å². The number of amides is 1. The highest BCUT2D eigenvalue weighted by Crippen LogP contribution is 2.21. The summed E-state index contributed by atoms with van der Waals surface area (Å²) < 4.78 is 18.8. The molecule has 0 bridgehead atoms. The van der Waals surface area contributed by atoms with Crippen molar-refractivity contribution in [3.63, 3.8) is 0 Å². The Balaban J connectivity index is 1.72. The SMILES string of the molecule is Cc1ccc(C)c(NC(=O)Cc2noc(-c3ccccc3F)n2)c1. The van der Waals surface area contributed by atoms with Gasteiger partial charge in [0.25, 0.3) is 5.89 Å². The Morgan fingerprint density at radius 1 is 1.21 bits per heavy atom. The van der Waals surface area contributed by atoms with Crippen molar-refractivity contribution < 1.29 is 13.7 Å². The molecule has 5 nitrogen and oxygen atoms in total. The van der Waals surface area contributed by atoms with Crippen molar-refractivity contribution in [2.24, 2.45) is 0 Å². The molecule has 0 atom stereocenters. The Kier molecular flexibility index (Phi) is 4.37. The molecule has 1 heterocycles. The van der Waals surface area contributed by atoms with Crippen molar-refractivity contribution in [3.8, 4) is 11.5 Å². The number of halogens is 1. The summed E-state index contributed by atoms with van der Waals surface area (Å²) in [4.78, 5) is 16.2. The smallest absolute Gasteiger partial charge is 0.260 e. The van der Waals surface area contributed by atoms with E-state index in [4.69, 9.17) is 4.52 Å². The lowest BCUT2D eigenvalue weighted by Gasteiger charge is -2.08. The minimum atomic E-state index is -0.451. The summed E-state index contributed by atoms with van der Waals surface area (Å²) in [6.45, 7) is 3.87. The van der Waals surface area contributed by atoms with Gasteiger partial charge in [0.15, 0.2) is 5.82 Å². The topological polar surface area (TPSA) is 68.0 Å². The van der Waals surface area contributed by atoms with Crippen molar-refractivity contribution in [2.75, 3.05) is 5.32 Å². The molecule has 3 rings (SSSR count). The number of aromatic nitrogens is 2. The van der Waals surface area contributed by atoms with Gasteiger partial charge in [-0.05, 0) is 43.2 Å². The molecule has 0 unspecified atom stereocenters. The molecule has 2 aromatic carbocycles. The molecule has 0 fully saturated rings. The fraction of sp³-hybridized carbons (Fsp3) is 0.167. The predicted molar refractivity (Wildman–Crippen MR) is 87.9 cm³/mol. The number of aryl methyl sites for hydroxylation is 2. The van der Waals surface area contributed by atoms with Crippen LogP contribution in [0.25, 0.3) is 11.5 Å². The number of rotatable bonds is 4. The van der Waals surface area contributed by atoms with E-state index < -0.39 is 5.82 Å². The van der Waals surface area contributed by atoms with Gasteiger partial charge in [0, 0.05) is 5.69 Å². The highest BCUT2D eigenvalue weighted by Gasteiger charge is 2.15. The number of benzene rings is 2. The number of nitrogens with one attached hydrogen (secondary N) is 1. The number of carbonyl (C=O) groups excluding carboxylic acids is 1. The Morgan fingerprint density at radius 3 is 2.79 bits per heavy atom. The second kappa shape index (κ2) is 6.62. The first-order valence-electron chi connectivity index (χ1n) is 7.47. The van der Waals surface area contributed by atoms with Crippen molar-refractivity contribution in [3.05, 3.63) is 65.2 Å². The largest absolute Gasteiger partial charge is 0.334 e. The van der Waals surface area contributed by atoms with Crippen molar-refractivity contribution in [2.45, 2.75) is 20.3 Å². The van der Waals surface area contributed by atoms with Gasteiger partial charge in [0.1, 0.15) is 5.82 Å². The van der Waals surface area contributed by atoms with Gasteiger partial charge in [-0.1, -0.05) is 29.4 Å². The summed E-state index contributed by atoms with van der Waals surface area (Å²) in [6.07, 6.45) is -0.0503. The third-order valence-electron chi connectivity index (χ3n) is 3.56. The number of nitrogens with zero attached hydrogens (tertiary/aromatic N) is 2. The monoisotopic (exact) mass is 325 g/mol. The van der Waals surface area contributed by atoms with Gasteiger partial charge in [0.2, 0.25) is 5.91 Å². The van der Waals surface area contributed by atoms with E-state index in [9.17, 15) is 9.18 Å². The molecule has 0 saturated carbocycles. The van der Waals surface area contributed by atoms with Crippen molar-refractivity contribution >= 4 is 11.6 Å². The molecule has 3 aromatic rings. The Bertz CT molecular complexity index is 889. The highest BCUT2D eigenvalue weighted by molar-refractivity contribution is 5.92. The zero-order chi connectivity index (χ0) is 17.1. The van der Waals surface area contributed by atoms with Gasteiger partial charge in [-0.2, -0.15) is 4.98 Å². The lowest BCUT2D eigenvalue weighted by Crippen LogP contribution is -2.16. The van der Waals surface area contributed by atoms with E-state index in [0.29, 0.717) is 0 Å². The maximum atomic E-state index is 13.7. The molecule has 6 heteroatoms. The number of hydrogen-bond acceptors (Lipinski definition) is 4. The lowest BCUT2D eigenvalue weighted by molar-refractivity contribution is -0.115. The van der Waals surface area contributed by atoms with Crippen molar-refractivity contribution in [1.82, 2.24) is 10.1 Å². The first-order chi connectivity index (χ1) is 11.5. The van der Waals surface area contributed by atoms with E-state index in [1.807, 2.05) is 32.0 Å². The zero-order valence-corrected chi connectivity index (χ0v) is 13.3. The van der Waals surface area contributed by atoms with Gasteiger partial charge in [-0.3, -0.25) is 4.79 Å². The summed E-state index contributed by atoms with van der Waals surface area (Å²) in [6, 6.07) is 11.9. The summed E-state index contributed by atoms with van der Waals surface area (Å²) in [7, 11) is 0. The van der Waals surface area contributed by atoms with Crippen LogP contribution in [0.2, 0.25) is 0 Å². The van der Waals surface area contributed by atoms with Gasteiger partial charge in [0.05, 0.1) is 12.0 Å². The van der Waals surface area contributed by atoms with Gasteiger partial charge in [-0.25, -0.2) is 4.39 Å². The molecule has 0 aliphatic carbocycles. The van der Waals surface area contributed by atoms with Crippen LogP contribution in [0.1, 0.15) is 17.0 Å². The van der Waals surface area contributed by atoms with E-state index in [2.05, 4.69) is 15.5 Å². The van der Waals surface area contributed by atoms with E-state index in [0.717, 1.165) is 16.8 Å². The third-order valence-corrected chi connectivity index (χ3v) is 3.56. The molecule has 1 amide bonds. The second-order valence-corrected chi connectivity index (χ2v) is 5.54. The average Bonchev–Trinajstić information content (AvgIpc) is 2.99. The van der Waals surface area contributed by atoms with Crippen LogP contribution in [0.3, 0.4) is 0 Å². The standard InChI is InChI=1S/C18H16FN3O2/c1-11-7-8-12(2)15(9-11)20-17(23)10-16-21-18(24-22-16)13-5-3-4-6-14(13)19/h3-9H,10H2,1-2H3,(H,20,23). The Hall–Kier alpha value is -3.02. The number of anilines is 1. The molecular formula is C18H16FN3O2. The van der Waals surface area contributed by atoms with Crippen LogP contribution in [0.5, 0.6) is 0 Å². The van der Waals surface area contributed by atoms with Crippen molar-refractivity contribution in [1.29, 1.82) is 0 Å². The molecular weight excluding hydrogens is 309 g/mol. The average molecular weight is 325 g/mol. The maximum Gasteiger partial charge on any atom is 0.260 e. The van der Waals surface area contributed by atoms with E-state index >= 15 is 0 Å². The predicted octanol–water partition coefficient (Wildman–Crippen LogP) is 3.67. The quantitative estimate of drug-likeness (QED) is 0.794. The molecule has 0 aliphatic heterocycles. The first-order valence-corrected chi connectivity index (χ1v) is 7.47. The van der Waals surface area contributed by atoms with E-state index in [-0.39, 0.29) is 29.6 Å². The number of hydrogen-bond donors (Lipinski definition) is 1. The van der Waals surface area contributed by atoms with Gasteiger partial charge >= 0.3 is 0 Å². The van der Waals surface area contributed by atoms with Crippen LogP contribution in [-0.4, -0.2) is 16.0 Å². The Morgan fingerprint density at radius 2 is 2.00 bits per heavy atom. The molecule has 0 aliphatic rings. The fourth-order valence-corrected chi connectivity index (χ4v) is 2.28. The second-order valence-electron chi connectivity index (χ2n) is 5.54. The first kappa shape index (κ1) is 15.9. The molecule has 0 radical (unpaired) electrons. The van der Waals surface area contributed by atoms with Crippen LogP contribution >= 0.6 is 0 Å². The zero-order valence-electron chi connectivity index (χ0n) is 13.3. The summed E-state index contributed by atoms with van der Waals surface area (Å²) in [5, 5.41) is 6.57. The molecule has 0 spiro atoms. The molecule has 122 valence electrons. The molecule has 24 heavy (non-hydrogen) atoms. The third kappa shape index (κ3) is 3.48. The van der Waals surface area contributed by atoms with Crippen LogP contribution in [0.4, 0.5) is 10.1 Å². The van der Waals surface area contributed by atoms with Gasteiger partial charge < -0.3 is 9.84 Å². The summed E-state index contributed by atoms with van der Waals surface area (Å²) in [5.74, 6) is -0.448. The van der Waals surface area contributed by atoms with Crippen LogP contribution in [0, 0.1) is 19.7 Å². The normalized spacial score (nSPS) is 10.6. The minimum Gasteiger partial charge on any atom is -0.334 e. The summed E-state index contributed by atoms with van der Waals surface area (Å²) >= 11 is 0. The van der Waals surface area contributed by atoms with Crippen LogP contribution < -0.4 is 5.32 Å². The fourth-order valence-electron chi connectivity index (χ4n) is 2.28. The maximum absolute atomic E-state index is 13.7. The minimum absolute atomic E-state index is 0.0503. The van der Waals surface area contributed by atoms with Crippen LogP contribution in [0.15, 0.2) is 47.0 Å². The lowest BCUT2D eigenvalue weighted by atomic mass is 10.1. The molecule has 1 aromatic heterocycles. The number of carbonyl (C=O) groups is 1. The van der Waals surface area contributed by atoms with E-state index in [1.54, 1.807) is 18.2 Å². The highest BCUT2D eigenvalue weighted by atomic mass is 19.1. The van der Waals surface area contributed by atoms with Crippen LogP contribution in [-0.2, 0) is 11.2 Å². The van der Waals surface area contributed by atoms with Gasteiger partial charge in [-0.15, -0.1) is 0 Å².